The summed E-state index contributed by atoms with van der Waals surface area (Å²) in [5.74, 6) is 1.03. The molecule has 24 heavy (non-hydrogen) atoms. The molecule has 1 saturated heterocycles. The van der Waals surface area contributed by atoms with Crippen LogP contribution in [0.15, 0.2) is 23.4 Å². The standard InChI is InChI=1S/C17H22N2O5/c1-21-14-7-3-6-12(16(14)22-2)13-9-15(24-19-13)17(20)18-10-11-5-4-8-23-11/h3,6-7,11,15H,4-5,8-10H2,1-2H3,(H,18,20)/t11-,15-/m1/s1. The second kappa shape index (κ2) is 7.53. The van der Waals surface area contributed by atoms with Crippen molar-refractivity contribution in [3.8, 4) is 11.5 Å². The van der Waals surface area contributed by atoms with Gasteiger partial charge in [0, 0.05) is 25.1 Å². The molecule has 0 saturated carbocycles. The lowest BCUT2D eigenvalue weighted by atomic mass is 10.0. The molecule has 1 N–H and O–H groups in total. The van der Waals surface area contributed by atoms with Crippen LogP contribution in [0.5, 0.6) is 11.5 Å². The van der Waals surface area contributed by atoms with Gasteiger partial charge in [0.1, 0.15) is 0 Å². The minimum absolute atomic E-state index is 0.106. The number of para-hydroxylation sites is 1. The summed E-state index contributed by atoms with van der Waals surface area (Å²) in [6, 6.07) is 5.53. The van der Waals surface area contributed by atoms with Gasteiger partial charge in [-0.25, -0.2) is 0 Å². The highest BCUT2D eigenvalue weighted by atomic mass is 16.6. The van der Waals surface area contributed by atoms with Crippen molar-refractivity contribution >= 4 is 11.6 Å². The molecule has 130 valence electrons. The summed E-state index contributed by atoms with van der Waals surface area (Å²) in [4.78, 5) is 17.5. The van der Waals surface area contributed by atoms with E-state index < -0.39 is 6.10 Å². The highest BCUT2D eigenvalue weighted by molar-refractivity contribution is 6.06. The van der Waals surface area contributed by atoms with E-state index in [2.05, 4.69) is 10.5 Å². The Bertz CT molecular complexity index is 625. The monoisotopic (exact) mass is 334 g/mol. The van der Waals surface area contributed by atoms with Crippen molar-refractivity contribution in [2.45, 2.75) is 31.5 Å². The summed E-state index contributed by atoms with van der Waals surface area (Å²) in [5, 5.41) is 6.93. The predicted octanol–water partition coefficient (Wildman–Crippen LogP) is 1.49. The third-order valence-electron chi connectivity index (χ3n) is 4.20. The number of amides is 1. The van der Waals surface area contributed by atoms with Crippen molar-refractivity contribution in [1.82, 2.24) is 5.32 Å². The van der Waals surface area contributed by atoms with Crippen molar-refractivity contribution < 1.29 is 23.8 Å². The minimum Gasteiger partial charge on any atom is -0.493 e. The lowest BCUT2D eigenvalue weighted by Gasteiger charge is -2.13. The number of hydrogen-bond donors (Lipinski definition) is 1. The molecule has 7 heteroatoms. The predicted molar refractivity (Wildman–Crippen MR) is 87.6 cm³/mol. The average molecular weight is 334 g/mol. The number of hydrogen-bond acceptors (Lipinski definition) is 6. The Morgan fingerprint density at radius 1 is 1.38 bits per heavy atom. The molecule has 0 unspecified atom stereocenters. The van der Waals surface area contributed by atoms with Gasteiger partial charge in [-0.2, -0.15) is 0 Å². The van der Waals surface area contributed by atoms with Crippen LogP contribution in [0, 0.1) is 0 Å². The number of nitrogens with zero attached hydrogens (tertiary/aromatic N) is 1. The number of benzene rings is 1. The number of oxime groups is 1. The number of carbonyl (C=O) groups is 1. The zero-order chi connectivity index (χ0) is 16.9. The number of ether oxygens (including phenoxy) is 3. The topological polar surface area (TPSA) is 78.4 Å². The number of nitrogens with one attached hydrogen (secondary N) is 1. The van der Waals surface area contributed by atoms with Gasteiger partial charge in [-0.1, -0.05) is 11.2 Å². The zero-order valence-corrected chi connectivity index (χ0v) is 13.9. The number of rotatable bonds is 6. The Labute approximate surface area is 140 Å². The Hall–Kier alpha value is -2.28. The summed E-state index contributed by atoms with van der Waals surface area (Å²) in [6.07, 6.45) is 1.89. The van der Waals surface area contributed by atoms with Crippen molar-refractivity contribution in [2.75, 3.05) is 27.4 Å². The fourth-order valence-electron chi connectivity index (χ4n) is 2.93. The molecule has 2 heterocycles. The summed E-state index contributed by atoms with van der Waals surface area (Å²) in [6.45, 7) is 1.28. The van der Waals surface area contributed by atoms with E-state index in [-0.39, 0.29) is 12.0 Å². The van der Waals surface area contributed by atoms with E-state index in [0.29, 0.717) is 30.2 Å². The fraction of sp³-hybridized carbons (Fsp3) is 0.529. The van der Waals surface area contributed by atoms with Crippen LogP contribution in [-0.2, 0) is 14.4 Å². The van der Waals surface area contributed by atoms with Crippen LogP contribution in [0.1, 0.15) is 24.8 Å². The quantitative estimate of drug-likeness (QED) is 0.853. The molecule has 0 spiro atoms. The maximum Gasteiger partial charge on any atom is 0.264 e. The van der Waals surface area contributed by atoms with Gasteiger partial charge in [0.05, 0.1) is 26.0 Å². The molecule has 1 aromatic rings. The summed E-state index contributed by atoms with van der Waals surface area (Å²) in [5.41, 5.74) is 1.44. The van der Waals surface area contributed by atoms with E-state index in [4.69, 9.17) is 19.0 Å². The van der Waals surface area contributed by atoms with Crippen LogP contribution < -0.4 is 14.8 Å². The van der Waals surface area contributed by atoms with Crippen molar-refractivity contribution in [2.24, 2.45) is 5.16 Å². The molecular weight excluding hydrogens is 312 g/mol. The Balaban J connectivity index is 1.61. The highest BCUT2D eigenvalue weighted by Crippen LogP contribution is 2.33. The first-order valence-corrected chi connectivity index (χ1v) is 8.06. The molecule has 1 aromatic carbocycles. The highest BCUT2D eigenvalue weighted by Gasteiger charge is 2.31. The fourth-order valence-corrected chi connectivity index (χ4v) is 2.93. The maximum absolute atomic E-state index is 12.2. The van der Waals surface area contributed by atoms with Crippen LogP contribution in [-0.4, -0.2) is 51.2 Å². The molecule has 3 rings (SSSR count). The lowest BCUT2D eigenvalue weighted by molar-refractivity contribution is -0.131. The van der Waals surface area contributed by atoms with Crippen molar-refractivity contribution in [3.63, 3.8) is 0 Å². The van der Waals surface area contributed by atoms with Gasteiger partial charge in [-0.3, -0.25) is 4.79 Å². The van der Waals surface area contributed by atoms with Crippen LogP contribution in [0.25, 0.3) is 0 Å². The Morgan fingerprint density at radius 3 is 2.96 bits per heavy atom. The Kier molecular flexibility index (Phi) is 5.20. The van der Waals surface area contributed by atoms with Gasteiger partial charge in [0.15, 0.2) is 11.5 Å². The second-order valence-electron chi connectivity index (χ2n) is 5.76. The van der Waals surface area contributed by atoms with Gasteiger partial charge in [0.2, 0.25) is 6.10 Å². The molecule has 0 aromatic heterocycles. The molecule has 0 bridgehead atoms. The van der Waals surface area contributed by atoms with Crippen LogP contribution in [0.4, 0.5) is 0 Å². The summed E-state index contributed by atoms with van der Waals surface area (Å²) in [7, 11) is 3.15. The summed E-state index contributed by atoms with van der Waals surface area (Å²) < 4.78 is 16.2. The number of carbonyl (C=O) groups excluding carboxylic acids is 1. The molecule has 2 aliphatic heterocycles. The first-order valence-electron chi connectivity index (χ1n) is 8.06. The third kappa shape index (κ3) is 3.46. The van der Waals surface area contributed by atoms with E-state index in [1.54, 1.807) is 14.2 Å². The third-order valence-corrected chi connectivity index (χ3v) is 4.20. The van der Waals surface area contributed by atoms with Gasteiger partial charge < -0.3 is 24.4 Å². The normalized spacial score (nSPS) is 22.7. The number of methoxy groups -OCH3 is 2. The van der Waals surface area contributed by atoms with Crippen molar-refractivity contribution in [1.29, 1.82) is 0 Å². The van der Waals surface area contributed by atoms with Gasteiger partial charge >= 0.3 is 0 Å². The first kappa shape index (κ1) is 16.6. The smallest absolute Gasteiger partial charge is 0.264 e. The van der Waals surface area contributed by atoms with E-state index in [9.17, 15) is 4.79 Å². The first-order chi connectivity index (χ1) is 11.7. The van der Waals surface area contributed by atoms with Gasteiger partial charge in [-0.05, 0) is 25.0 Å². The van der Waals surface area contributed by atoms with Crippen molar-refractivity contribution in [3.05, 3.63) is 23.8 Å². The zero-order valence-electron chi connectivity index (χ0n) is 13.9. The second-order valence-corrected chi connectivity index (χ2v) is 5.76. The molecule has 1 fully saturated rings. The van der Waals surface area contributed by atoms with E-state index in [0.717, 1.165) is 25.0 Å². The molecule has 1 amide bonds. The molecule has 2 atom stereocenters. The summed E-state index contributed by atoms with van der Waals surface area (Å²) >= 11 is 0. The van der Waals surface area contributed by atoms with Crippen LogP contribution in [0.2, 0.25) is 0 Å². The SMILES string of the molecule is COc1cccc(C2=NO[C@@H](C(=O)NC[C@H]3CCCO3)C2)c1OC. The molecule has 2 aliphatic rings. The minimum atomic E-state index is -0.627. The van der Waals surface area contributed by atoms with Crippen LogP contribution in [0.3, 0.4) is 0 Å². The lowest BCUT2D eigenvalue weighted by Crippen LogP contribution is -2.39. The van der Waals surface area contributed by atoms with Gasteiger partial charge in [-0.15, -0.1) is 0 Å². The van der Waals surface area contributed by atoms with E-state index >= 15 is 0 Å². The largest absolute Gasteiger partial charge is 0.493 e. The molecule has 0 radical (unpaired) electrons. The van der Waals surface area contributed by atoms with Crippen LogP contribution >= 0.6 is 0 Å². The Morgan fingerprint density at radius 2 is 2.25 bits per heavy atom. The molecular formula is C17H22N2O5. The van der Waals surface area contributed by atoms with E-state index in [1.165, 1.54) is 0 Å². The van der Waals surface area contributed by atoms with E-state index in [1.807, 2.05) is 18.2 Å². The molecule has 7 nitrogen and oxygen atoms in total. The maximum atomic E-state index is 12.2. The average Bonchev–Trinajstić information content (AvgIpc) is 3.30. The van der Waals surface area contributed by atoms with Gasteiger partial charge in [0.25, 0.3) is 5.91 Å². The molecule has 0 aliphatic carbocycles.